The van der Waals surface area contributed by atoms with Crippen molar-refractivity contribution in [1.29, 1.82) is 0 Å². The summed E-state index contributed by atoms with van der Waals surface area (Å²) in [5.41, 5.74) is 2.04. The van der Waals surface area contributed by atoms with E-state index in [0.29, 0.717) is 22.4 Å². The Kier molecular flexibility index (Phi) is 2.68. The van der Waals surface area contributed by atoms with Crippen molar-refractivity contribution in [1.82, 2.24) is 15.0 Å². The van der Waals surface area contributed by atoms with E-state index >= 15 is 0 Å². The molecule has 0 aliphatic rings. The molecular formula is C13H9N3O3. The van der Waals surface area contributed by atoms with Crippen molar-refractivity contribution in [2.24, 2.45) is 0 Å². The van der Waals surface area contributed by atoms with Crippen LogP contribution in [0.1, 0.15) is 16.1 Å². The van der Waals surface area contributed by atoms with Crippen LogP contribution in [0.25, 0.3) is 11.1 Å². The van der Waals surface area contributed by atoms with Gasteiger partial charge in [-0.25, -0.2) is 4.79 Å². The van der Waals surface area contributed by atoms with Gasteiger partial charge in [0.15, 0.2) is 11.4 Å². The number of hydrogen-bond donors (Lipinski definition) is 1. The maximum Gasteiger partial charge on any atom is 0.417 e. The minimum atomic E-state index is -0.534. The fourth-order valence-corrected chi connectivity index (χ4v) is 1.81. The lowest BCUT2D eigenvalue weighted by molar-refractivity contribution is 0.0992. The van der Waals surface area contributed by atoms with Crippen LogP contribution in [0.15, 0.2) is 46.0 Å². The van der Waals surface area contributed by atoms with Crippen molar-refractivity contribution in [3.05, 3.63) is 58.6 Å². The fraction of sp³-hybridized carbons (Fsp3) is 0.0769. The summed E-state index contributed by atoms with van der Waals surface area (Å²) in [5.74, 6) is -0.627. The highest BCUT2D eigenvalue weighted by Crippen LogP contribution is 2.13. The van der Waals surface area contributed by atoms with E-state index in [0.717, 1.165) is 0 Å². The summed E-state index contributed by atoms with van der Waals surface area (Å²) in [4.78, 5) is 33.6. The molecule has 3 aromatic rings. The number of ketones is 1. The zero-order valence-electron chi connectivity index (χ0n) is 9.79. The molecule has 0 saturated heterocycles. The third-order valence-corrected chi connectivity index (χ3v) is 2.70. The number of benzene rings is 1. The van der Waals surface area contributed by atoms with Crippen molar-refractivity contribution >= 4 is 16.9 Å². The quantitative estimate of drug-likeness (QED) is 0.713. The number of carbonyl (C=O) groups excluding carboxylic acids is 1. The zero-order chi connectivity index (χ0) is 13.2. The third-order valence-electron chi connectivity index (χ3n) is 2.70. The van der Waals surface area contributed by atoms with E-state index in [1.54, 1.807) is 36.8 Å². The van der Waals surface area contributed by atoms with Crippen molar-refractivity contribution in [3.8, 4) is 0 Å². The molecule has 94 valence electrons. The number of nitrogens with one attached hydrogen (secondary N) is 1. The largest absolute Gasteiger partial charge is 0.417 e. The number of oxazole rings is 1. The normalized spacial score (nSPS) is 10.7. The minimum absolute atomic E-state index is 0.0931. The summed E-state index contributed by atoms with van der Waals surface area (Å²) < 4.78 is 4.88. The summed E-state index contributed by atoms with van der Waals surface area (Å²) in [6, 6.07) is 4.81. The standard InChI is InChI=1S/C13H9N3O3/c17-11(6-9-7-14-3-4-15-9)8-1-2-12-10(5-8)16-13(18)19-12/h1-5,7H,6H2,(H,16,18). The molecule has 3 rings (SSSR count). The van der Waals surface area contributed by atoms with Crippen molar-refractivity contribution in [3.63, 3.8) is 0 Å². The predicted octanol–water partition coefficient (Wildman–Crippen LogP) is 1.34. The maximum absolute atomic E-state index is 12.1. The number of rotatable bonds is 3. The van der Waals surface area contributed by atoms with Crippen molar-refractivity contribution in [2.75, 3.05) is 0 Å². The Labute approximate surface area is 107 Å². The van der Waals surface area contributed by atoms with Gasteiger partial charge in [0.1, 0.15) is 0 Å². The predicted molar refractivity (Wildman–Crippen MR) is 66.9 cm³/mol. The van der Waals surface area contributed by atoms with Gasteiger partial charge in [-0.2, -0.15) is 0 Å². The number of fused-ring (bicyclic) bond motifs is 1. The van der Waals surface area contributed by atoms with E-state index in [1.165, 1.54) is 0 Å². The van der Waals surface area contributed by atoms with Gasteiger partial charge < -0.3 is 4.42 Å². The van der Waals surface area contributed by atoms with E-state index in [1.807, 2.05) is 0 Å². The molecule has 0 saturated carbocycles. The molecule has 0 bridgehead atoms. The Morgan fingerprint density at radius 3 is 3.00 bits per heavy atom. The first-order valence-corrected chi connectivity index (χ1v) is 5.63. The van der Waals surface area contributed by atoms with Gasteiger partial charge in [-0.3, -0.25) is 19.7 Å². The van der Waals surface area contributed by atoms with E-state index < -0.39 is 5.76 Å². The lowest BCUT2D eigenvalue weighted by atomic mass is 10.1. The highest BCUT2D eigenvalue weighted by molar-refractivity contribution is 5.99. The molecule has 1 aromatic carbocycles. The number of aromatic amines is 1. The Balaban J connectivity index is 1.91. The van der Waals surface area contributed by atoms with Crippen LogP contribution in [0.3, 0.4) is 0 Å². The molecule has 0 unspecified atom stereocenters. The summed E-state index contributed by atoms with van der Waals surface area (Å²) in [6.07, 6.45) is 4.81. The molecule has 0 atom stereocenters. The zero-order valence-corrected chi connectivity index (χ0v) is 9.79. The van der Waals surface area contributed by atoms with Crippen molar-refractivity contribution in [2.45, 2.75) is 6.42 Å². The van der Waals surface area contributed by atoms with Gasteiger partial charge in [0, 0.05) is 24.2 Å². The number of H-pyrrole nitrogens is 1. The second-order valence-corrected chi connectivity index (χ2v) is 4.02. The van der Waals surface area contributed by atoms with E-state index in [-0.39, 0.29) is 12.2 Å². The molecule has 0 amide bonds. The second kappa shape index (κ2) is 4.49. The van der Waals surface area contributed by atoms with Crippen LogP contribution >= 0.6 is 0 Å². The molecule has 1 N–H and O–H groups in total. The first-order valence-electron chi connectivity index (χ1n) is 5.63. The average Bonchev–Trinajstić information content (AvgIpc) is 2.78. The molecule has 0 aliphatic heterocycles. The van der Waals surface area contributed by atoms with Crippen LogP contribution in [0.2, 0.25) is 0 Å². The highest BCUT2D eigenvalue weighted by atomic mass is 16.4. The van der Waals surface area contributed by atoms with Crippen molar-refractivity contribution < 1.29 is 9.21 Å². The van der Waals surface area contributed by atoms with Crippen LogP contribution in [0, 0.1) is 0 Å². The molecule has 0 aliphatic carbocycles. The van der Waals surface area contributed by atoms with Gasteiger partial charge in [-0.05, 0) is 18.2 Å². The molecule has 6 nitrogen and oxygen atoms in total. The minimum Gasteiger partial charge on any atom is -0.408 e. The first kappa shape index (κ1) is 11.3. The number of aromatic nitrogens is 3. The second-order valence-electron chi connectivity index (χ2n) is 4.02. The fourth-order valence-electron chi connectivity index (χ4n) is 1.81. The first-order chi connectivity index (χ1) is 9.22. The Bertz CT molecular complexity index is 790. The molecule has 0 fully saturated rings. The summed E-state index contributed by atoms with van der Waals surface area (Å²) in [7, 11) is 0. The van der Waals surface area contributed by atoms with Crippen LogP contribution in [0.5, 0.6) is 0 Å². The molecular weight excluding hydrogens is 246 g/mol. The van der Waals surface area contributed by atoms with Gasteiger partial charge in [0.2, 0.25) is 0 Å². The number of carbonyl (C=O) groups is 1. The van der Waals surface area contributed by atoms with Gasteiger partial charge in [0.05, 0.1) is 17.6 Å². The van der Waals surface area contributed by atoms with Crippen LogP contribution in [0.4, 0.5) is 0 Å². The van der Waals surface area contributed by atoms with Crippen LogP contribution in [-0.2, 0) is 6.42 Å². The molecule has 2 heterocycles. The SMILES string of the molecule is O=C(Cc1cnccn1)c1ccc2oc(=O)[nH]c2c1. The Morgan fingerprint density at radius 2 is 2.21 bits per heavy atom. The van der Waals surface area contributed by atoms with Crippen LogP contribution in [-0.4, -0.2) is 20.7 Å². The average molecular weight is 255 g/mol. The summed E-state index contributed by atoms with van der Waals surface area (Å²) in [5, 5.41) is 0. The van der Waals surface area contributed by atoms with E-state index in [4.69, 9.17) is 4.42 Å². The molecule has 19 heavy (non-hydrogen) atoms. The lowest BCUT2D eigenvalue weighted by Crippen LogP contribution is -2.05. The highest BCUT2D eigenvalue weighted by Gasteiger charge is 2.10. The lowest BCUT2D eigenvalue weighted by Gasteiger charge is -2.00. The Morgan fingerprint density at radius 1 is 1.32 bits per heavy atom. The molecule has 2 aromatic heterocycles. The van der Waals surface area contributed by atoms with Gasteiger partial charge >= 0.3 is 5.76 Å². The van der Waals surface area contributed by atoms with Gasteiger partial charge in [-0.15, -0.1) is 0 Å². The molecule has 0 spiro atoms. The molecule has 6 heteroatoms. The maximum atomic E-state index is 12.1. The summed E-state index contributed by atoms with van der Waals surface area (Å²) >= 11 is 0. The molecule has 0 radical (unpaired) electrons. The smallest absolute Gasteiger partial charge is 0.408 e. The number of hydrogen-bond acceptors (Lipinski definition) is 5. The van der Waals surface area contributed by atoms with Gasteiger partial charge in [0.25, 0.3) is 0 Å². The monoisotopic (exact) mass is 255 g/mol. The topological polar surface area (TPSA) is 88.8 Å². The third kappa shape index (κ3) is 2.28. The summed E-state index contributed by atoms with van der Waals surface area (Å²) in [6.45, 7) is 0. The number of nitrogens with zero attached hydrogens (tertiary/aromatic N) is 2. The van der Waals surface area contributed by atoms with Gasteiger partial charge in [-0.1, -0.05) is 0 Å². The van der Waals surface area contributed by atoms with Crippen LogP contribution < -0.4 is 5.76 Å². The number of Topliss-reactive ketones (excluding diaryl/α,β-unsaturated/α-hetero) is 1. The van der Waals surface area contributed by atoms with E-state index in [9.17, 15) is 9.59 Å². The van der Waals surface area contributed by atoms with E-state index in [2.05, 4.69) is 15.0 Å². The Hall–Kier alpha value is -2.76.